The Morgan fingerprint density at radius 2 is 1.78 bits per heavy atom. The summed E-state index contributed by atoms with van der Waals surface area (Å²) < 4.78 is 24.5. The Morgan fingerprint density at radius 1 is 1.15 bits per heavy atom. The van der Waals surface area contributed by atoms with Crippen LogP contribution in [-0.4, -0.2) is 24.4 Å². The van der Waals surface area contributed by atoms with Gasteiger partial charge in [0.1, 0.15) is 0 Å². The molecule has 0 aliphatic carbocycles. The van der Waals surface area contributed by atoms with Crippen LogP contribution in [0.15, 0.2) is 53.4 Å². The van der Waals surface area contributed by atoms with Gasteiger partial charge in [0, 0.05) is 22.7 Å². The fourth-order valence-electron chi connectivity index (χ4n) is 2.54. The van der Waals surface area contributed by atoms with E-state index in [1.807, 2.05) is 30.5 Å². The summed E-state index contributed by atoms with van der Waals surface area (Å²) in [5.41, 5.74) is 1.12. The highest BCUT2D eigenvalue weighted by Gasteiger charge is 2.37. The van der Waals surface area contributed by atoms with Crippen LogP contribution < -0.4 is 5.32 Å². The monoisotopic (exact) mass is 410 g/mol. The molecule has 1 unspecified atom stereocenters. The largest absolute Gasteiger partial charge is 0.368 e. The zero-order valence-corrected chi connectivity index (χ0v) is 17.2. The molecule has 9 heteroatoms. The van der Waals surface area contributed by atoms with Crippen LogP contribution in [0.2, 0.25) is 0 Å². The number of rotatable bonds is 10. The van der Waals surface area contributed by atoms with Crippen molar-refractivity contribution in [3.05, 3.63) is 64.2 Å². The molecule has 0 amide bonds. The minimum absolute atomic E-state index is 0.0564. The van der Waals surface area contributed by atoms with Crippen molar-refractivity contribution in [2.45, 2.75) is 24.5 Å². The van der Waals surface area contributed by atoms with Crippen LogP contribution in [0.5, 0.6) is 0 Å². The second-order valence-electron chi connectivity index (χ2n) is 5.50. The molecular formula is C18H23N2O5PS. The van der Waals surface area contributed by atoms with E-state index in [0.29, 0.717) is 11.3 Å². The molecule has 1 N–H and O–H groups in total. The first-order valence-corrected chi connectivity index (χ1v) is 11.3. The number of nitrogens with one attached hydrogen (secondary N) is 1. The topological polar surface area (TPSA) is 90.7 Å². The van der Waals surface area contributed by atoms with E-state index < -0.39 is 18.3 Å². The fraction of sp³-hybridized carbons (Fsp3) is 0.333. The van der Waals surface area contributed by atoms with E-state index >= 15 is 0 Å². The zero-order valence-electron chi connectivity index (χ0n) is 15.5. The molecule has 2 aromatic rings. The number of benzene rings is 2. The lowest BCUT2D eigenvalue weighted by Gasteiger charge is -2.28. The molecule has 0 saturated carbocycles. The van der Waals surface area contributed by atoms with Crippen molar-refractivity contribution in [1.29, 1.82) is 0 Å². The molecule has 2 aromatic carbocycles. The Kier molecular flexibility index (Phi) is 7.86. The van der Waals surface area contributed by atoms with E-state index in [1.165, 1.54) is 12.1 Å². The lowest BCUT2D eigenvalue weighted by Crippen LogP contribution is -2.15. The number of hydrogen-bond donors (Lipinski definition) is 1. The average Bonchev–Trinajstić information content (AvgIpc) is 2.67. The minimum atomic E-state index is -3.57. The van der Waals surface area contributed by atoms with Crippen molar-refractivity contribution in [2.24, 2.45) is 0 Å². The number of nitrogens with zero attached hydrogens (tertiary/aromatic N) is 1. The Bertz CT molecular complexity index is 806. The van der Waals surface area contributed by atoms with Gasteiger partial charge >= 0.3 is 7.60 Å². The van der Waals surface area contributed by atoms with Gasteiger partial charge in [-0.05, 0) is 43.9 Å². The van der Waals surface area contributed by atoms with Gasteiger partial charge in [0.05, 0.1) is 18.1 Å². The lowest BCUT2D eigenvalue weighted by atomic mass is 10.2. The summed E-state index contributed by atoms with van der Waals surface area (Å²) in [6, 6.07) is 13.6. The smallest absolute Gasteiger partial charge is 0.357 e. The molecule has 0 saturated heterocycles. The molecule has 0 heterocycles. The van der Waals surface area contributed by atoms with Crippen LogP contribution >= 0.6 is 19.4 Å². The van der Waals surface area contributed by atoms with Gasteiger partial charge in [-0.3, -0.25) is 14.7 Å². The first-order chi connectivity index (χ1) is 12.9. The van der Waals surface area contributed by atoms with E-state index in [9.17, 15) is 14.7 Å². The standard InChI is InChI=1S/C18H23N2O5PS/c1-4-24-26(23,25-5-2)18(14-9-11-17(27-3)12-10-14)19-15-7-6-8-16(13-15)20(21)22/h6-13,18-19H,4-5H2,1-3H3. The number of hydrogen-bond acceptors (Lipinski definition) is 7. The molecule has 0 fully saturated rings. The Labute approximate surface area is 163 Å². The maximum Gasteiger partial charge on any atom is 0.357 e. The molecule has 2 rings (SSSR count). The number of nitro groups is 1. The van der Waals surface area contributed by atoms with Crippen LogP contribution in [0.25, 0.3) is 0 Å². The summed E-state index contributed by atoms with van der Waals surface area (Å²) in [6.45, 7) is 3.92. The lowest BCUT2D eigenvalue weighted by molar-refractivity contribution is -0.384. The number of nitro benzene ring substituents is 1. The Hall–Kier alpha value is -1.86. The molecule has 0 radical (unpaired) electrons. The minimum Gasteiger partial charge on any atom is -0.368 e. The first-order valence-electron chi connectivity index (χ1n) is 8.47. The van der Waals surface area contributed by atoms with Crippen molar-refractivity contribution < 1.29 is 18.5 Å². The second kappa shape index (κ2) is 9.90. The Balaban J connectivity index is 2.46. The summed E-state index contributed by atoms with van der Waals surface area (Å²) in [5.74, 6) is -0.796. The van der Waals surface area contributed by atoms with E-state index in [2.05, 4.69) is 5.32 Å². The van der Waals surface area contributed by atoms with Gasteiger partial charge in [0.15, 0.2) is 5.78 Å². The maximum absolute atomic E-state index is 13.4. The van der Waals surface area contributed by atoms with Crippen molar-refractivity contribution in [2.75, 3.05) is 24.8 Å². The van der Waals surface area contributed by atoms with Gasteiger partial charge in [-0.1, -0.05) is 18.2 Å². The normalized spacial score (nSPS) is 12.6. The molecule has 7 nitrogen and oxygen atoms in total. The Morgan fingerprint density at radius 3 is 2.30 bits per heavy atom. The molecule has 0 aliphatic heterocycles. The number of thioether (sulfide) groups is 1. The SMILES string of the molecule is CCOP(=O)(OCC)C(Nc1cccc([N+](=O)[O-])c1)c1ccc(SC)cc1. The zero-order chi connectivity index (χ0) is 19.9. The number of non-ortho nitro benzene ring substituents is 1. The van der Waals surface area contributed by atoms with Crippen molar-refractivity contribution >= 4 is 30.7 Å². The van der Waals surface area contributed by atoms with Crippen LogP contribution in [0, 0.1) is 10.1 Å². The van der Waals surface area contributed by atoms with Crippen molar-refractivity contribution in [3.63, 3.8) is 0 Å². The predicted octanol–water partition coefficient (Wildman–Crippen LogP) is 5.69. The molecule has 0 spiro atoms. The maximum atomic E-state index is 13.4. The highest BCUT2D eigenvalue weighted by Crippen LogP contribution is 2.60. The van der Waals surface area contributed by atoms with Crippen molar-refractivity contribution in [3.8, 4) is 0 Å². The van der Waals surface area contributed by atoms with Crippen LogP contribution in [0.1, 0.15) is 25.2 Å². The van der Waals surface area contributed by atoms with Gasteiger partial charge in [0.25, 0.3) is 5.69 Å². The second-order valence-corrected chi connectivity index (χ2v) is 8.49. The van der Waals surface area contributed by atoms with Gasteiger partial charge in [0.2, 0.25) is 0 Å². The quantitative estimate of drug-likeness (QED) is 0.233. The molecule has 146 valence electrons. The van der Waals surface area contributed by atoms with E-state index in [0.717, 1.165) is 4.90 Å². The van der Waals surface area contributed by atoms with Gasteiger partial charge in [-0.15, -0.1) is 11.8 Å². The molecule has 0 bridgehead atoms. The molecule has 0 aromatic heterocycles. The number of anilines is 1. The summed E-state index contributed by atoms with van der Waals surface area (Å²) >= 11 is 1.60. The summed E-state index contributed by atoms with van der Waals surface area (Å²) in [6.07, 6.45) is 1.97. The molecule has 27 heavy (non-hydrogen) atoms. The third-order valence-corrected chi connectivity index (χ3v) is 6.77. The average molecular weight is 410 g/mol. The van der Waals surface area contributed by atoms with E-state index in [4.69, 9.17) is 9.05 Å². The van der Waals surface area contributed by atoms with Crippen LogP contribution in [0.3, 0.4) is 0 Å². The molecular weight excluding hydrogens is 387 g/mol. The molecule has 0 aliphatic rings. The van der Waals surface area contributed by atoms with E-state index in [1.54, 1.807) is 37.7 Å². The third kappa shape index (κ3) is 5.56. The van der Waals surface area contributed by atoms with Gasteiger partial charge in [-0.25, -0.2) is 0 Å². The first kappa shape index (κ1) is 21.4. The molecule has 1 atom stereocenters. The third-order valence-electron chi connectivity index (χ3n) is 3.73. The summed E-state index contributed by atoms with van der Waals surface area (Å²) in [4.78, 5) is 11.6. The van der Waals surface area contributed by atoms with Gasteiger partial charge in [-0.2, -0.15) is 0 Å². The van der Waals surface area contributed by atoms with E-state index in [-0.39, 0.29) is 18.9 Å². The fourth-order valence-corrected chi connectivity index (χ4v) is 4.89. The van der Waals surface area contributed by atoms with Gasteiger partial charge < -0.3 is 14.4 Å². The summed E-state index contributed by atoms with van der Waals surface area (Å²) in [7, 11) is -3.57. The van der Waals surface area contributed by atoms with Crippen LogP contribution in [-0.2, 0) is 13.6 Å². The van der Waals surface area contributed by atoms with Crippen molar-refractivity contribution in [1.82, 2.24) is 0 Å². The highest BCUT2D eigenvalue weighted by atomic mass is 32.2. The highest BCUT2D eigenvalue weighted by molar-refractivity contribution is 7.98. The summed E-state index contributed by atoms with van der Waals surface area (Å²) in [5, 5.41) is 14.2. The predicted molar refractivity (Wildman–Crippen MR) is 109 cm³/mol. The van der Waals surface area contributed by atoms with Crippen LogP contribution in [0.4, 0.5) is 11.4 Å².